The lowest BCUT2D eigenvalue weighted by molar-refractivity contribution is 0.102. The zero-order valence-corrected chi connectivity index (χ0v) is 21.8. The first kappa shape index (κ1) is 25.3. The molecule has 10 heteroatoms. The van der Waals surface area contributed by atoms with Crippen molar-refractivity contribution in [3.63, 3.8) is 0 Å². The number of nitrogens with zero attached hydrogens (tertiary/aromatic N) is 4. The van der Waals surface area contributed by atoms with Gasteiger partial charge in [0.2, 0.25) is 10.0 Å². The van der Waals surface area contributed by atoms with Crippen molar-refractivity contribution in [3.05, 3.63) is 83.5 Å². The lowest BCUT2D eigenvalue weighted by Gasteiger charge is -2.33. The molecule has 0 radical (unpaired) electrons. The molecule has 1 aliphatic rings. The second kappa shape index (κ2) is 10.5. The molecule has 1 aromatic heterocycles. The van der Waals surface area contributed by atoms with Gasteiger partial charge in [0, 0.05) is 43.0 Å². The molecule has 0 spiro atoms. The van der Waals surface area contributed by atoms with E-state index in [1.54, 1.807) is 24.4 Å². The van der Waals surface area contributed by atoms with Crippen LogP contribution in [0.1, 0.15) is 17.3 Å². The molecule has 1 amide bonds. The van der Waals surface area contributed by atoms with Crippen molar-refractivity contribution >= 4 is 44.3 Å². The Hall–Kier alpha value is -3.37. The van der Waals surface area contributed by atoms with Gasteiger partial charge in [-0.2, -0.15) is 4.31 Å². The molecule has 2 heterocycles. The number of para-hydroxylation sites is 2. The quantitative estimate of drug-likeness (QED) is 0.390. The average Bonchev–Trinajstić information content (AvgIpc) is 2.94. The molecule has 0 atom stereocenters. The smallest absolute Gasteiger partial charge is 0.255 e. The molecule has 1 fully saturated rings. The molecular weight excluding hydrogens is 510 g/mol. The minimum atomic E-state index is -3.60. The maximum absolute atomic E-state index is 13.0. The van der Waals surface area contributed by atoms with E-state index in [0.717, 1.165) is 17.6 Å². The Morgan fingerprint density at radius 1 is 0.973 bits per heavy atom. The van der Waals surface area contributed by atoms with Gasteiger partial charge in [-0.05, 0) is 61.1 Å². The fourth-order valence-corrected chi connectivity index (χ4v) is 5.94. The number of anilines is 1. The lowest BCUT2D eigenvalue weighted by Crippen LogP contribution is -2.48. The summed E-state index contributed by atoms with van der Waals surface area (Å²) in [6.07, 6.45) is 1.65. The molecule has 0 aliphatic carbocycles. The average molecular weight is 536 g/mol. The van der Waals surface area contributed by atoms with Gasteiger partial charge in [-0.25, -0.2) is 13.4 Å². The molecular formula is C27H26ClN5O3S. The summed E-state index contributed by atoms with van der Waals surface area (Å²) >= 11 is 6.43. The zero-order chi connectivity index (χ0) is 26.0. The number of piperazine rings is 1. The van der Waals surface area contributed by atoms with E-state index in [2.05, 4.69) is 27.1 Å². The number of hydrogen-bond donors (Lipinski definition) is 1. The number of carbonyl (C=O) groups is 1. The van der Waals surface area contributed by atoms with Crippen LogP contribution >= 0.6 is 11.6 Å². The Morgan fingerprint density at radius 2 is 1.68 bits per heavy atom. The maximum atomic E-state index is 13.0. The van der Waals surface area contributed by atoms with Crippen LogP contribution in [0.5, 0.6) is 0 Å². The van der Waals surface area contributed by atoms with Crippen molar-refractivity contribution in [2.24, 2.45) is 0 Å². The first-order valence-electron chi connectivity index (χ1n) is 12.0. The van der Waals surface area contributed by atoms with Gasteiger partial charge in [-0.15, -0.1) is 0 Å². The van der Waals surface area contributed by atoms with E-state index < -0.39 is 10.0 Å². The van der Waals surface area contributed by atoms with E-state index >= 15 is 0 Å². The van der Waals surface area contributed by atoms with Crippen molar-refractivity contribution in [1.29, 1.82) is 0 Å². The van der Waals surface area contributed by atoms with Crippen molar-refractivity contribution in [3.8, 4) is 11.3 Å². The number of halogens is 1. The number of rotatable bonds is 6. The van der Waals surface area contributed by atoms with Gasteiger partial charge in [0.1, 0.15) is 0 Å². The van der Waals surface area contributed by atoms with E-state index in [1.807, 2.05) is 24.3 Å². The van der Waals surface area contributed by atoms with Crippen LogP contribution in [0, 0.1) is 0 Å². The molecule has 0 saturated carbocycles. The molecule has 3 aromatic carbocycles. The first-order chi connectivity index (χ1) is 17.8. The number of likely N-dealkylation sites (N-methyl/N-ethyl adjacent to an activating group) is 1. The topological polar surface area (TPSA) is 95.5 Å². The van der Waals surface area contributed by atoms with Crippen LogP contribution < -0.4 is 5.32 Å². The molecule has 1 aliphatic heterocycles. The molecule has 4 aromatic rings. The maximum Gasteiger partial charge on any atom is 0.255 e. The minimum Gasteiger partial charge on any atom is -0.322 e. The fraction of sp³-hybridized carbons (Fsp3) is 0.222. The van der Waals surface area contributed by atoms with Crippen LogP contribution in [0.25, 0.3) is 22.3 Å². The predicted octanol–water partition coefficient (Wildman–Crippen LogP) is 4.53. The number of fused-ring (bicyclic) bond motifs is 1. The zero-order valence-electron chi connectivity index (χ0n) is 20.3. The number of carbonyl (C=O) groups excluding carboxylic acids is 1. The van der Waals surface area contributed by atoms with Crippen molar-refractivity contribution < 1.29 is 13.2 Å². The van der Waals surface area contributed by atoms with Crippen LogP contribution in [0.2, 0.25) is 5.02 Å². The third-order valence-electron chi connectivity index (χ3n) is 6.48. The number of hydrogen-bond acceptors (Lipinski definition) is 6. The first-order valence-corrected chi connectivity index (χ1v) is 13.8. The summed E-state index contributed by atoms with van der Waals surface area (Å²) in [6, 6.07) is 18.7. The van der Waals surface area contributed by atoms with E-state index in [-0.39, 0.29) is 10.8 Å². The van der Waals surface area contributed by atoms with Crippen LogP contribution in [-0.4, -0.2) is 66.2 Å². The Balaban J connectivity index is 1.32. The Labute approximate surface area is 221 Å². The summed E-state index contributed by atoms with van der Waals surface area (Å²) < 4.78 is 27.5. The second-order valence-electron chi connectivity index (χ2n) is 8.76. The summed E-state index contributed by atoms with van der Waals surface area (Å²) in [5, 5.41) is 3.34. The number of sulfonamides is 1. The van der Waals surface area contributed by atoms with Crippen molar-refractivity contribution in [2.45, 2.75) is 11.8 Å². The Kier molecular flexibility index (Phi) is 7.21. The van der Waals surface area contributed by atoms with Gasteiger partial charge in [-0.1, -0.05) is 30.7 Å². The predicted molar refractivity (Wildman–Crippen MR) is 145 cm³/mol. The lowest BCUT2D eigenvalue weighted by atomic mass is 10.1. The molecule has 5 rings (SSSR count). The summed E-state index contributed by atoms with van der Waals surface area (Å²) in [5.74, 6) is -0.363. The summed E-state index contributed by atoms with van der Waals surface area (Å²) in [5.41, 5.74) is 3.63. The molecule has 0 unspecified atom stereocenters. The van der Waals surface area contributed by atoms with Crippen LogP contribution in [0.15, 0.2) is 77.8 Å². The highest BCUT2D eigenvalue weighted by atomic mass is 35.5. The van der Waals surface area contributed by atoms with Gasteiger partial charge in [0.05, 0.1) is 32.8 Å². The molecule has 0 bridgehead atoms. The number of nitrogens with one attached hydrogen (secondary N) is 1. The molecule has 1 N–H and O–H groups in total. The van der Waals surface area contributed by atoms with Gasteiger partial charge in [0.25, 0.3) is 5.91 Å². The van der Waals surface area contributed by atoms with Crippen LogP contribution in [0.3, 0.4) is 0 Å². The Morgan fingerprint density at radius 3 is 2.38 bits per heavy atom. The van der Waals surface area contributed by atoms with Gasteiger partial charge < -0.3 is 10.2 Å². The van der Waals surface area contributed by atoms with Gasteiger partial charge >= 0.3 is 0 Å². The third-order valence-corrected chi connectivity index (χ3v) is 8.72. The highest BCUT2D eigenvalue weighted by Gasteiger charge is 2.28. The molecule has 190 valence electrons. The van der Waals surface area contributed by atoms with E-state index in [1.165, 1.54) is 28.6 Å². The monoisotopic (exact) mass is 535 g/mol. The fourth-order valence-electron chi connectivity index (χ4n) is 4.30. The normalized spacial score (nSPS) is 15.1. The highest BCUT2D eigenvalue weighted by Crippen LogP contribution is 2.30. The Bertz CT molecular complexity index is 1550. The van der Waals surface area contributed by atoms with Crippen LogP contribution in [0.4, 0.5) is 5.69 Å². The largest absolute Gasteiger partial charge is 0.322 e. The van der Waals surface area contributed by atoms with Crippen molar-refractivity contribution in [2.75, 3.05) is 38.0 Å². The second-order valence-corrected chi connectivity index (χ2v) is 11.1. The van der Waals surface area contributed by atoms with E-state index in [9.17, 15) is 13.2 Å². The van der Waals surface area contributed by atoms with Crippen molar-refractivity contribution in [1.82, 2.24) is 19.2 Å². The standard InChI is InChI=1S/C27H26ClN5O3S/c1-2-32-13-15-33(16-14-32)37(35,36)21-10-7-19(8-11-21)27(34)30-20-9-12-23(28)22(17-20)26-18-29-24-5-3-4-6-25(24)31-26/h3-12,17-18H,2,13-16H2,1H3,(H,30,34). The van der Waals surface area contributed by atoms with E-state index in [4.69, 9.17) is 11.6 Å². The number of benzene rings is 3. The molecule has 1 saturated heterocycles. The van der Waals surface area contributed by atoms with Crippen LogP contribution in [-0.2, 0) is 10.0 Å². The van der Waals surface area contributed by atoms with E-state index in [0.29, 0.717) is 53.7 Å². The minimum absolute atomic E-state index is 0.178. The molecule has 8 nitrogen and oxygen atoms in total. The summed E-state index contributed by atoms with van der Waals surface area (Å²) in [6.45, 7) is 5.31. The number of aromatic nitrogens is 2. The van der Waals surface area contributed by atoms with Gasteiger partial charge in [0.15, 0.2) is 0 Å². The summed E-state index contributed by atoms with van der Waals surface area (Å²) in [7, 11) is -3.60. The SMILES string of the molecule is CCN1CCN(S(=O)(=O)c2ccc(C(=O)Nc3ccc(Cl)c(-c4cnc5ccccc5n4)c3)cc2)CC1. The third kappa shape index (κ3) is 5.35. The number of amides is 1. The van der Waals surface area contributed by atoms with Gasteiger partial charge in [-0.3, -0.25) is 9.78 Å². The summed E-state index contributed by atoms with van der Waals surface area (Å²) in [4.78, 5) is 24.4. The highest BCUT2D eigenvalue weighted by molar-refractivity contribution is 7.89. The molecule has 37 heavy (non-hydrogen) atoms.